The molecule has 0 spiro atoms. The van der Waals surface area contributed by atoms with E-state index in [1.807, 2.05) is 24.4 Å². The zero-order valence-corrected chi connectivity index (χ0v) is 11.2. The summed E-state index contributed by atoms with van der Waals surface area (Å²) in [6.45, 7) is 2.43. The topological polar surface area (TPSA) is 59.2 Å². The van der Waals surface area contributed by atoms with Crippen LogP contribution in [0.2, 0.25) is 0 Å². The number of aromatic nitrogens is 1. The van der Waals surface area contributed by atoms with Crippen molar-refractivity contribution in [1.82, 2.24) is 9.88 Å². The van der Waals surface area contributed by atoms with Crippen LogP contribution in [0.1, 0.15) is 20.9 Å². The number of aryl methyl sites for hydroxylation is 1. The fraction of sp³-hybridized carbons (Fsp3) is 0.231. The molecule has 1 amide bonds. The summed E-state index contributed by atoms with van der Waals surface area (Å²) in [5, 5.41) is 2.00. The molecule has 0 saturated heterocycles. The molecule has 5 heteroatoms. The van der Waals surface area contributed by atoms with Gasteiger partial charge in [-0.3, -0.25) is 9.78 Å². The molecule has 2 rings (SSSR count). The van der Waals surface area contributed by atoms with Crippen LogP contribution in [0.3, 0.4) is 0 Å². The zero-order chi connectivity index (χ0) is 13.1. The van der Waals surface area contributed by atoms with E-state index in [0.29, 0.717) is 17.8 Å². The van der Waals surface area contributed by atoms with Crippen molar-refractivity contribution < 1.29 is 4.79 Å². The van der Waals surface area contributed by atoms with Crippen molar-refractivity contribution in [3.8, 4) is 0 Å². The van der Waals surface area contributed by atoms with Crippen LogP contribution >= 0.6 is 11.3 Å². The molecule has 0 radical (unpaired) electrons. The molecule has 0 aliphatic heterocycles. The van der Waals surface area contributed by atoms with Gasteiger partial charge < -0.3 is 10.6 Å². The van der Waals surface area contributed by atoms with Gasteiger partial charge in [-0.25, -0.2) is 0 Å². The molecule has 0 aromatic carbocycles. The minimum Gasteiger partial charge on any atom is -0.398 e. The Labute approximate surface area is 110 Å². The molecule has 2 aromatic heterocycles. The molecule has 2 heterocycles. The number of nitrogen functional groups attached to an aromatic ring is 1. The van der Waals surface area contributed by atoms with Gasteiger partial charge in [-0.2, -0.15) is 0 Å². The number of carbonyl (C=O) groups is 1. The molecule has 0 aliphatic carbocycles. The van der Waals surface area contributed by atoms with Crippen LogP contribution < -0.4 is 5.73 Å². The van der Waals surface area contributed by atoms with Crippen molar-refractivity contribution >= 4 is 22.9 Å². The molecular weight excluding hydrogens is 246 g/mol. The van der Waals surface area contributed by atoms with Gasteiger partial charge >= 0.3 is 0 Å². The highest BCUT2D eigenvalue weighted by molar-refractivity contribution is 7.09. The lowest BCUT2D eigenvalue weighted by Crippen LogP contribution is -2.26. The van der Waals surface area contributed by atoms with Gasteiger partial charge in [0.05, 0.1) is 12.1 Å². The summed E-state index contributed by atoms with van der Waals surface area (Å²) >= 11 is 1.63. The third-order valence-electron chi connectivity index (χ3n) is 2.62. The first-order valence-corrected chi connectivity index (χ1v) is 6.46. The maximum Gasteiger partial charge on any atom is 0.257 e. The maximum atomic E-state index is 12.2. The monoisotopic (exact) mass is 261 g/mol. The number of amides is 1. The summed E-state index contributed by atoms with van der Waals surface area (Å²) in [7, 11) is 1.77. The normalized spacial score (nSPS) is 10.3. The lowest BCUT2D eigenvalue weighted by molar-refractivity contribution is 0.0787. The van der Waals surface area contributed by atoms with E-state index in [4.69, 9.17) is 5.73 Å². The Hall–Kier alpha value is -1.88. The predicted molar refractivity (Wildman–Crippen MR) is 73.5 cm³/mol. The number of nitrogens with zero attached hydrogens (tertiary/aromatic N) is 2. The third-order valence-corrected chi connectivity index (χ3v) is 3.48. The van der Waals surface area contributed by atoms with Crippen LogP contribution in [0.25, 0.3) is 0 Å². The van der Waals surface area contributed by atoms with Crippen LogP contribution in [0.15, 0.2) is 29.8 Å². The Balaban J connectivity index is 2.15. The van der Waals surface area contributed by atoms with Crippen molar-refractivity contribution in [3.63, 3.8) is 0 Å². The van der Waals surface area contributed by atoms with Crippen molar-refractivity contribution in [3.05, 3.63) is 45.9 Å². The van der Waals surface area contributed by atoms with Crippen molar-refractivity contribution in [2.45, 2.75) is 13.5 Å². The van der Waals surface area contributed by atoms with Crippen LogP contribution in [-0.2, 0) is 6.54 Å². The van der Waals surface area contributed by atoms with Crippen LogP contribution in [0.4, 0.5) is 5.69 Å². The summed E-state index contributed by atoms with van der Waals surface area (Å²) in [6, 6.07) is 5.69. The molecule has 0 saturated carbocycles. The number of rotatable bonds is 3. The molecule has 94 valence electrons. The van der Waals surface area contributed by atoms with Crippen molar-refractivity contribution in [1.29, 1.82) is 0 Å². The van der Waals surface area contributed by atoms with Gasteiger partial charge in [-0.05, 0) is 24.4 Å². The lowest BCUT2D eigenvalue weighted by Gasteiger charge is -2.17. The van der Waals surface area contributed by atoms with E-state index in [0.717, 1.165) is 10.6 Å². The van der Waals surface area contributed by atoms with Gasteiger partial charge in [0.1, 0.15) is 0 Å². The average molecular weight is 261 g/mol. The second-order valence-electron chi connectivity index (χ2n) is 4.15. The summed E-state index contributed by atoms with van der Waals surface area (Å²) < 4.78 is 0. The Morgan fingerprint density at radius 3 is 2.94 bits per heavy atom. The van der Waals surface area contributed by atoms with Crippen LogP contribution in [0, 0.1) is 6.92 Å². The molecule has 0 unspecified atom stereocenters. The second-order valence-corrected chi connectivity index (χ2v) is 5.19. The highest BCUT2D eigenvalue weighted by Crippen LogP contribution is 2.16. The molecule has 2 aromatic rings. The first kappa shape index (κ1) is 12.6. The first-order chi connectivity index (χ1) is 8.58. The minimum absolute atomic E-state index is 0.103. The molecule has 2 N–H and O–H groups in total. The molecule has 0 fully saturated rings. The van der Waals surface area contributed by atoms with Crippen molar-refractivity contribution in [2.24, 2.45) is 0 Å². The number of thiophene rings is 1. The fourth-order valence-electron chi connectivity index (χ4n) is 1.67. The second kappa shape index (κ2) is 5.18. The van der Waals surface area contributed by atoms with Gasteiger partial charge in [0.2, 0.25) is 0 Å². The highest BCUT2D eigenvalue weighted by atomic mass is 32.1. The molecule has 0 atom stereocenters. The summed E-state index contributed by atoms with van der Waals surface area (Å²) in [5.41, 5.74) is 7.59. The molecule has 0 aliphatic rings. The molecular formula is C13H15N3OS. The number of pyridine rings is 1. The van der Waals surface area contributed by atoms with Crippen LogP contribution in [0.5, 0.6) is 0 Å². The summed E-state index contributed by atoms with van der Waals surface area (Å²) in [4.78, 5) is 19.1. The van der Waals surface area contributed by atoms with Crippen LogP contribution in [-0.4, -0.2) is 22.8 Å². The van der Waals surface area contributed by atoms with E-state index < -0.39 is 0 Å². The van der Waals surface area contributed by atoms with E-state index in [2.05, 4.69) is 4.98 Å². The van der Waals surface area contributed by atoms with Gasteiger partial charge in [0.25, 0.3) is 5.91 Å². The smallest absolute Gasteiger partial charge is 0.257 e. The molecule has 18 heavy (non-hydrogen) atoms. The lowest BCUT2D eigenvalue weighted by atomic mass is 10.2. The number of carbonyl (C=O) groups excluding carboxylic acids is 1. The quantitative estimate of drug-likeness (QED) is 0.922. The van der Waals surface area contributed by atoms with E-state index in [9.17, 15) is 4.79 Å². The Morgan fingerprint density at radius 2 is 2.33 bits per heavy atom. The number of anilines is 1. The fourth-order valence-corrected chi connectivity index (χ4v) is 2.43. The van der Waals surface area contributed by atoms with E-state index in [-0.39, 0.29) is 5.91 Å². The van der Waals surface area contributed by atoms with E-state index in [1.54, 1.807) is 29.4 Å². The number of hydrogen-bond acceptors (Lipinski definition) is 4. The summed E-state index contributed by atoms with van der Waals surface area (Å²) in [6.07, 6.45) is 1.54. The molecule has 0 bridgehead atoms. The standard InChI is InChI=1S/C13H15N3OS/c1-9-6-12(14)11(7-15-9)13(17)16(2)8-10-4-3-5-18-10/h3-7H,8H2,1-2H3,(H2,14,15). The van der Waals surface area contributed by atoms with Crippen molar-refractivity contribution in [2.75, 3.05) is 12.8 Å². The van der Waals surface area contributed by atoms with Gasteiger partial charge in [-0.1, -0.05) is 6.07 Å². The summed E-state index contributed by atoms with van der Waals surface area (Å²) in [5.74, 6) is -0.103. The average Bonchev–Trinajstić information content (AvgIpc) is 2.81. The van der Waals surface area contributed by atoms with Gasteiger partial charge in [0.15, 0.2) is 0 Å². The third kappa shape index (κ3) is 2.68. The Morgan fingerprint density at radius 1 is 1.56 bits per heavy atom. The number of nitrogens with two attached hydrogens (primary N) is 1. The maximum absolute atomic E-state index is 12.2. The predicted octanol–water partition coefficient (Wildman–Crippen LogP) is 2.31. The van der Waals surface area contributed by atoms with Gasteiger partial charge in [-0.15, -0.1) is 11.3 Å². The number of hydrogen-bond donors (Lipinski definition) is 1. The molecule has 4 nitrogen and oxygen atoms in total. The minimum atomic E-state index is -0.103. The first-order valence-electron chi connectivity index (χ1n) is 5.58. The largest absolute Gasteiger partial charge is 0.398 e. The van der Waals surface area contributed by atoms with E-state index in [1.165, 1.54) is 6.20 Å². The van der Waals surface area contributed by atoms with E-state index >= 15 is 0 Å². The SMILES string of the molecule is Cc1cc(N)c(C(=O)N(C)Cc2cccs2)cn1. The highest BCUT2D eigenvalue weighted by Gasteiger charge is 2.15. The zero-order valence-electron chi connectivity index (χ0n) is 10.4. The van der Waals surface area contributed by atoms with Gasteiger partial charge in [0, 0.05) is 29.5 Å². The Kier molecular flexibility index (Phi) is 3.62. The Bertz CT molecular complexity index is 551.